The SMILES string of the molecule is CCOc1nc(Nc2cnn([C@H]3C[C@H](F)CN(C4COC4)C3)c2Cl)nc2[nH]ccc12. The third-order valence-electron chi connectivity index (χ3n) is 5.53. The molecule has 30 heavy (non-hydrogen) atoms. The van der Waals surface area contributed by atoms with Gasteiger partial charge in [-0.15, -0.1) is 0 Å². The minimum Gasteiger partial charge on any atom is -0.477 e. The Balaban J connectivity index is 1.38. The van der Waals surface area contributed by atoms with Gasteiger partial charge in [0.2, 0.25) is 11.8 Å². The molecule has 3 aromatic rings. The van der Waals surface area contributed by atoms with Gasteiger partial charge in [0.1, 0.15) is 11.8 Å². The molecule has 9 nitrogen and oxygen atoms in total. The Morgan fingerprint density at radius 1 is 1.33 bits per heavy atom. The molecule has 2 aliphatic heterocycles. The average molecular weight is 436 g/mol. The van der Waals surface area contributed by atoms with E-state index in [2.05, 4.69) is 30.3 Å². The first kappa shape index (κ1) is 19.5. The molecule has 3 aromatic heterocycles. The topological polar surface area (TPSA) is 93.1 Å². The second-order valence-corrected chi connectivity index (χ2v) is 7.93. The lowest BCUT2D eigenvalue weighted by Gasteiger charge is -2.43. The summed E-state index contributed by atoms with van der Waals surface area (Å²) in [6.45, 7) is 4.81. The molecule has 0 radical (unpaired) electrons. The zero-order valence-corrected chi connectivity index (χ0v) is 17.3. The number of hydrogen-bond acceptors (Lipinski definition) is 7. The Kier molecular flexibility index (Phi) is 5.21. The molecule has 0 spiro atoms. The fraction of sp³-hybridized carbons (Fsp3) is 0.526. The van der Waals surface area contributed by atoms with Crippen LogP contribution in [0.4, 0.5) is 16.0 Å². The molecule has 2 aliphatic rings. The zero-order valence-electron chi connectivity index (χ0n) is 16.5. The molecule has 0 aromatic carbocycles. The van der Waals surface area contributed by atoms with Crippen molar-refractivity contribution in [1.82, 2.24) is 29.6 Å². The third kappa shape index (κ3) is 3.59. The van der Waals surface area contributed by atoms with Crippen molar-refractivity contribution >= 4 is 34.3 Å². The first-order valence-electron chi connectivity index (χ1n) is 10.1. The van der Waals surface area contributed by atoms with Gasteiger partial charge in [-0.05, 0) is 13.0 Å². The maximum atomic E-state index is 14.4. The molecule has 0 amide bonds. The molecule has 0 bridgehead atoms. The van der Waals surface area contributed by atoms with Gasteiger partial charge in [-0.1, -0.05) is 11.6 Å². The zero-order chi connectivity index (χ0) is 20.7. The summed E-state index contributed by atoms with van der Waals surface area (Å²) in [5, 5.41) is 8.74. The highest BCUT2D eigenvalue weighted by molar-refractivity contribution is 6.32. The van der Waals surface area contributed by atoms with Crippen LogP contribution in [0.1, 0.15) is 19.4 Å². The van der Waals surface area contributed by atoms with Gasteiger partial charge in [0, 0.05) is 25.7 Å². The van der Waals surface area contributed by atoms with E-state index in [4.69, 9.17) is 21.1 Å². The molecule has 0 saturated carbocycles. The van der Waals surface area contributed by atoms with Crippen LogP contribution in [0.2, 0.25) is 5.15 Å². The second-order valence-electron chi connectivity index (χ2n) is 7.58. The normalized spacial score (nSPS) is 22.9. The summed E-state index contributed by atoms with van der Waals surface area (Å²) in [5.74, 6) is 0.829. The molecule has 5 heterocycles. The first-order valence-corrected chi connectivity index (χ1v) is 10.4. The Bertz CT molecular complexity index is 1040. The van der Waals surface area contributed by atoms with Crippen LogP contribution < -0.4 is 10.1 Å². The average Bonchev–Trinajstić information content (AvgIpc) is 3.27. The number of likely N-dealkylation sites (tertiary alicyclic amines) is 1. The van der Waals surface area contributed by atoms with E-state index < -0.39 is 6.17 Å². The van der Waals surface area contributed by atoms with Gasteiger partial charge in [-0.3, -0.25) is 4.90 Å². The van der Waals surface area contributed by atoms with Gasteiger partial charge >= 0.3 is 0 Å². The van der Waals surface area contributed by atoms with Crippen LogP contribution in [0.5, 0.6) is 5.88 Å². The molecule has 2 N–H and O–H groups in total. The highest BCUT2D eigenvalue weighted by atomic mass is 35.5. The fourth-order valence-corrected chi connectivity index (χ4v) is 4.25. The van der Waals surface area contributed by atoms with E-state index in [-0.39, 0.29) is 12.1 Å². The Morgan fingerprint density at radius 2 is 2.20 bits per heavy atom. The van der Waals surface area contributed by atoms with Gasteiger partial charge < -0.3 is 19.8 Å². The lowest BCUT2D eigenvalue weighted by atomic mass is 10.0. The summed E-state index contributed by atoms with van der Waals surface area (Å²) in [4.78, 5) is 14.1. The molecule has 2 saturated heterocycles. The van der Waals surface area contributed by atoms with E-state index in [1.54, 1.807) is 17.1 Å². The Morgan fingerprint density at radius 3 is 2.97 bits per heavy atom. The number of ether oxygens (including phenoxy) is 2. The number of nitrogens with zero attached hydrogens (tertiary/aromatic N) is 5. The van der Waals surface area contributed by atoms with Crippen LogP contribution >= 0.6 is 11.6 Å². The maximum absolute atomic E-state index is 14.4. The van der Waals surface area contributed by atoms with Crippen molar-refractivity contribution in [2.75, 3.05) is 38.2 Å². The molecule has 2 atom stereocenters. The molecule has 11 heteroatoms. The van der Waals surface area contributed by atoms with Crippen molar-refractivity contribution in [2.45, 2.75) is 31.6 Å². The number of hydrogen-bond donors (Lipinski definition) is 2. The lowest BCUT2D eigenvalue weighted by molar-refractivity contribution is -0.0855. The largest absolute Gasteiger partial charge is 0.477 e. The Labute approximate surface area is 177 Å². The maximum Gasteiger partial charge on any atom is 0.232 e. The van der Waals surface area contributed by atoms with Gasteiger partial charge in [0.05, 0.1) is 49.2 Å². The number of H-pyrrole nitrogens is 1. The Hall–Kier alpha value is -2.43. The van der Waals surface area contributed by atoms with E-state index in [1.807, 2.05) is 13.0 Å². The number of anilines is 2. The number of alkyl halides is 1. The number of nitrogens with one attached hydrogen (secondary N) is 2. The number of halogens is 2. The minimum atomic E-state index is -0.923. The van der Waals surface area contributed by atoms with E-state index in [1.165, 1.54) is 0 Å². The molecular formula is C19H23ClFN7O2. The highest BCUT2D eigenvalue weighted by Crippen LogP contribution is 2.33. The number of rotatable bonds is 6. The number of piperidine rings is 1. The minimum absolute atomic E-state index is 0.150. The van der Waals surface area contributed by atoms with Crippen LogP contribution in [-0.2, 0) is 4.74 Å². The number of fused-ring (bicyclic) bond motifs is 1. The fourth-order valence-electron chi connectivity index (χ4n) is 3.98. The van der Waals surface area contributed by atoms with Crippen molar-refractivity contribution in [2.24, 2.45) is 0 Å². The summed E-state index contributed by atoms with van der Waals surface area (Å²) in [6.07, 6.45) is 2.85. The van der Waals surface area contributed by atoms with Gasteiger partial charge in [0.25, 0.3) is 0 Å². The number of aromatic nitrogens is 5. The highest BCUT2D eigenvalue weighted by Gasteiger charge is 2.36. The smallest absolute Gasteiger partial charge is 0.232 e. The van der Waals surface area contributed by atoms with Gasteiger partial charge in [0.15, 0.2) is 5.15 Å². The van der Waals surface area contributed by atoms with Crippen molar-refractivity contribution in [3.63, 3.8) is 0 Å². The van der Waals surface area contributed by atoms with E-state index in [0.29, 0.717) is 67.6 Å². The van der Waals surface area contributed by atoms with Crippen molar-refractivity contribution in [3.05, 3.63) is 23.6 Å². The molecule has 2 fully saturated rings. The van der Waals surface area contributed by atoms with Crippen LogP contribution in [0, 0.1) is 0 Å². The van der Waals surface area contributed by atoms with Crippen LogP contribution in [-0.4, -0.2) is 74.8 Å². The van der Waals surface area contributed by atoms with Crippen molar-refractivity contribution < 1.29 is 13.9 Å². The van der Waals surface area contributed by atoms with Gasteiger partial charge in [-0.25, -0.2) is 9.07 Å². The molecule has 0 unspecified atom stereocenters. The van der Waals surface area contributed by atoms with Crippen LogP contribution in [0.25, 0.3) is 11.0 Å². The predicted molar refractivity (Wildman–Crippen MR) is 110 cm³/mol. The molecule has 160 valence electrons. The molecular weight excluding hydrogens is 413 g/mol. The third-order valence-corrected chi connectivity index (χ3v) is 5.91. The summed E-state index contributed by atoms with van der Waals surface area (Å²) < 4.78 is 27.0. The summed E-state index contributed by atoms with van der Waals surface area (Å²) in [5.41, 5.74) is 1.22. The second kappa shape index (κ2) is 8.01. The molecule has 0 aliphatic carbocycles. The number of aromatic amines is 1. The predicted octanol–water partition coefficient (Wildman–Crippen LogP) is 2.93. The summed E-state index contributed by atoms with van der Waals surface area (Å²) in [7, 11) is 0. The quantitative estimate of drug-likeness (QED) is 0.614. The van der Waals surface area contributed by atoms with Crippen LogP contribution in [0.3, 0.4) is 0 Å². The van der Waals surface area contributed by atoms with Crippen LogP contribution in [0.15, 0.2) is 18.5 Å². The van der Waals surface area contributed by atoms with Crippen molar-refractivity contribution in [1.29, 1.82) is 0 Å². The monoisotopic (exact) mass is 435 g/mol. The lowest BCUT2D eigenvalue weighted by Crippen LogP contribution is -2.55. The summed E-state index contributed by atoms with van der Waals surface area (Å²) in [6, 6.07) is 1.99. The van der Waals surface area contributed by atoms with E-state index in [9.17, 15) is 4.39 Å². The van der Waals surface area contributed by atoms with E-state index in [0.717, 1.165) is 5.39 Å². The molecule has 5 rings (SSSR count). The summed E-state index contributed by atoms with van der Waals surface area (Å²) >= 11 is 6.61. The van der Waals surface area contributed by atoms with Gasteiger partial charge in [-0.2, -0.15) is 15.1 Å². The first-order chi connectivity index (χ1) is 14.6. The van der Waals surface area contributed by atoms with E-state index >= 15 is 0 Å². The van der Waals surface area contributed by atoms with Crippen molar-refractivity contribution in [3.8, 4) is 5.88 Å². The standard InChI is InChI=1S/C19H23ClFN7O2/c1-2-30-18-14-3-4-22-17(14)25-19(26-18)24-15-6-23-28(16(15)20)12-5-11(21)7-27(8-12)13-9-29-10-13/h3-4,6,11-13H,2,5,7-10H2,1H3,(H2,22,24,25,26)/t11-,12-/m0/s1.